The Morgan fingerprint density at radius 1 is 1.29 bits per heavy atom. The van der Waals surface area contributed by atoms with Crippen LogP contribution in [0.1, 0.15) is 20.8 Å². The fourth-order valence-electron chi connectivity index (χ4n) is 1.67. The molecule has 2 aromatic rings. The van der Waals surface area contributed by atoms with E-state index in [2.05, 4.69) is 15.9 Å². The minimum atomic E-state index is -0.494. The minimum Gasteiger partial charge on any atom is -0.207 e. The Kier molecular flexibility index (Phi) is 3.94. The smallest absolute Gasteiger partial charge is 0.133 e. The van der Waals surface area contributed by atoms with Crippen molar-refractivity contribution in [2.45, 2.75) is 18.2 Å². The minimum absolute atomic E-state index is 0.124. The molecular formula is C13H11BrF2S. The normalized spacial score (nSPS) is 12.7. The maximum atomic E-state index is 13.9. The summed E-state index contributed by atoms with van der Waals surface area (Å²) < 4.78 is 27.5. The van der Waals surface area contributed by atoms with E-state index in [0.717, 1.165) is 4.88 Å². The molecule has 1 atom stereocenters. The summed E-state index contributed by atoms with van der Waals surface area (Å²) in [6, 6.07) is 6.67. The van der Waals surface area contributed by atoms with Gasteiger partial charge in [-0.05, 0) is 36.4 Å². The summed E-state index contributed by atoms with van der Waals surface area (Å²) in [7, 11) is 0. The van der Waals surface area contributed by atoms with E-state index in [0.29, 0.717) is 12.0 Å². The molecule has 1 heterocycles. The Morgan fingerprint density at radius 3 is 2.71 bits per heavy atom. The Bertz CT molecular complexity index is 508. The van der Waals surface area contributed by atoms with Gasteiger partial charge in [-0.1, -0.05) is 28.1 Å². The molecule has 0 spiro atoms. The highest BCUT2D eigenvalue weighted by Gasteiger charge is 2.19. The van der Waals surface area contributed by atoms with Crippen molar-refractivity contribution >= 4 is 27.3 Å². The predicted molar refractivity (Wildman–Crippen MR) is 70.8 cm³/mol. The van der Waals surface area contributed by atoms with Gasteiger partial charge in [0, 0.05) is 10.4 Å². The lowest BCUT2D eigenvalue weighted by molar-refractivity contribution is 0.548. The van der Waals surface area contributed by atoms with Gasteiger partial charge in [0.1, 0.15) is 11.6 Å². The molecule has 17 heavy (non-hydrogen) atoms. The van der Waals surface area contributed by atoms with E-state index in [1.54, 1.807) is 18.3 Å². The fourth-order valence-corrected chi connectivity index (χ4v) is 3.41. The zero-order chi connectivity index (χ0) is 12.4. The number of hydrogen-bond donors (Lipinski definition) is 0. The zero-order valence-corrected chi connectivity index (χ0v) is 11.6. The van der Waals surface area contributed by atoms with Crippen molar-refractivity contribution in [2.24, 2.45) is 0 Å². The summed E-state index contributed by atoms with van der Waals surface area (Å²) in [5.74, 6) is -0.949. The van der Waals surface area contributed by atoms with E-state index in [9.17, 15) is 8.78 Å². The van der Waals surface area contributed by atoms with Crippen LogP contribution in [-0.4, -0.2) is 0 Å². The highest BCUT2D eigenvalue weighted by molar-refractivity contribution is 9.09. The molecule has 2 rings (SSSR count). The SMILES string of the molecule is Cc1ccc(F)c(C(Br)Cc2cccs2)c1F. The highest BCUT2D eigenvalue weighted by atomic mass is 79.9. The van der Waals surface area contributed by atoms with Gasteiger partial charge in [-0.15, -0.1) is 11.3 Å². The largest absolute Gasteiger partial charge is 0.207 e. The highest BCUT2D eigenvalue weighted by Crippen LogP contribution is 2.33. The molecule has 90 valence electrons. The average Bonchev–Trinajstić information content (AvgIpc) is 2.77. The Hall–Kier alpha value is -0.740. The van der Waals surface area contributed by atoms with Gasteiger partial charge in [-0.25, -0.2) is 8.78 Å². The maximum Gasteiger partial charge on any atom is 0.133 e. The van der Waals surface area contributed by atoms with Crippen LogP contribution in [0.4, 0.5) is 8.78 Å². The first-order valence-corrected chi connectivity index (χ1v) is 7.00. The van der Waals surface area contributed by atoms with Gasteiger partial charge in [-0.2, -0.15) is 0 Å². The second kappa shape index (κ2) is 5.27. The molecular weight excluding hydrogens is 306 g/mol. The van der Waals surface area contributed by atoms with Crippen LogP contribution in [0.3, 0.4) is 0 Å². The summed E-state index contributed by atoms with van der Waals surface area (Å²) in [5, 5.41) is 1.96. The van der Waals surface area contributed by atoms with Crippen molar-refractivity contribution in [1.82, 2.24) is 0 Å². The summed E-state index contributed by atoms with van der Waals surface area (Å²) in [6.45, 7) is 1.64. The number of thiophene rings is 1. The fraction of sp³-hybridized carbons (Fsp3) is 0.231. The van der Waals surface area contributed by atoms with Crippen LogP contribution < -0.4 is 0 Å². The van der Waals surface area contributed by atoms with Crippen molar-refractivity contribution in [2.75, 3.05) is 0 Å². The van der Waals surface area contributed by atoms with Gasteiger partial charge in [0.25, 0.3) is 0 Å². The molecule has 4 heteroatoms. The number of rotatable bonds is 3. The Morgan fingerprint density at radius 2 is 2.06 bits per heavy atom. The monoisotopic (exact) mass is 316 g/mol. The zero-order valence-electron chi connectivity index (χ0n) is 9.21. The third kappa shape index (κ3) is 2.75. The van der Waals surface area contributed by atoms with Crippen molar-refractivity contribution in [1.29, 1.82) is 0 Å². The van der Waals surface area contributed by atoms with E-state index in [4.69, 9.17) is 0 Å². The molecule has 0 nitrogen and oxygen atoms in total. The number of benzene rings is 1. The summed E-state index contributed by atoms with van der Waals surface area (Å²) in [6.07, 6.45) is 0.592. The maximum absolute atomic E-state index is 13.9. The first kappa shape index (κ1) is 12.7. The second-order valence-electron chi connectivity index (χ2n) is 3.84. The lowest BCUT2D eigenvalue weighted by Crippen LogP contribution is -2.03. The second-order valence-corrected chi connectivity index (χ2v) is 5.98. The molecule has 0 N–H and O–H groups in total. The van der Waals surface area contributed by atoms with Crippen LogP contribution in [0.15, 0.2) is 29.6 Å². The predicted octanol–water partition coefficient (Wildman–Crippen LogP) is 5.01. The molecule has 0 radical (unpaired) electrons. The number of halogens is 3. The molecule has 1 aromatic carbocycles. The lowest BCUT2D eigenvalue weighted by atomic mass is 10.0. The summed E-state index contributed by atoms with van der Waals surface area (Å²) in [4.78, 5) is 0.772. The first-order valence-electron chi connectivity index (χ1n) is 5.20. The summed E-state index contributed by atoms with van der Waals surface area (Å²) >= 11 is 4.96. The van der Waals surface area contributed by atoms with Gasteiger partial charge < -0.3 is 0 Å². The molecule has 0 fully saturated rings. The molecule has 0 aliphatic heterocycles. The quantitative estimate of drug-likeness (QED) is 0.698. The van der Waals surface area contributed by atoms with Gasteiger partial charge in [0.15, 0.2) is 0 Å². The van der Waals surface area contributed by atoms with Crippen molar-refractivity contribution < 1.29 is 8.78 Å². The third-order valence-electron chi connectivity index (χ3n) is 2.59. The van der Waals surface area contributed by atoms with Crippen molar-refractivity contribution in [3.8, 4) is 0 Å². The molecule has 1 unspecified atom stereocenters. The molecule has 0 saturated heterocycles. The van der Waals surface area contributed by atoms with Gasteiger partial charge in [0.2, 0.25) is 0 Å². The third-order valence-corrected chi connectivity index (χ3v) is 4.27. The Balaban J connectivity index is 2.30. The molecule has 1 aromatic heterocycles. The van der Waals surface area contributed by atoms with E-state index in [1.807, 2.05) is 17.5 Å². The molecule has 0 aliphatic carbocycles. The molecule has 0 saturated carbocycles. The van der Waals surface area contributed by atoms with Crippen LogP contribution in [0.5, 0.6) is 0 Å². The van der Waals surface area contributed by atoms with Crippen LogP contribution >= 0.6 is 27.3 Å². The van der Waals surface area contributed by atoms with E-state index in [1.165, 1.54) is 12.1 Å². The molecule has 0 bridgehead atoms. The van der Waals surface area contributed by atoms with Gasteiger partial charge in [-0.3, -0.25) is 0 Å². The number of alkyl halides is 1. The van der Waals surface area contributed by atoms with E-state index < -0.39 is 11.6 Å². The number of aryl methyl sites for hydroxylation is 1. The van der Waals surface area contributed by atoms with Crippen LogP contribution in [-0.2, 0) is 6.42 Å². The topological polar surface area (TPSA) is 0 Å². The van der Waals surface area contributed by atoms with Crippen molar-refractivity contribution in [3.63, 3.8) is 0 Å². The van der Waals surface area contributed by atoms with Gasteiger partial charge in [0.05, 0.1) is 4.83 Å². The van der Waals surface area contributed by atoms with Crippen molar-refractivity contribution in [3.05, 3.63) is 57.3 Å². The first-order chi connectivity index (χ1) is 8.09. The average molecular weight is 317 g/mol. The molecule has 0 aliphatic rings. The number of hydrogen-bond acceptors (Lipinski definition) is 1. The van der Waals surface area contributed by atoms with Gasteiger partial charge >= 0.3 is 0 Å². The van der Waals surface area contributed by atoms with Crippen LogP contribution in [0.2, 0.25) is 0 Å². The van der Waals surface area contributed by atoms with E-state index >= 15 is 0 Å². The standard InChI is InChI=1S/C13H11BrF2S/c1-8-4-5-11(15)12(13(8)16)10(14)7-9-3-2-6-17-9/h2-6,10H,7H2,1H3. The van der Waals surface area contributed by atoms with Crippen LogP contribution in [0.25, 0.3) is 0 Å². The Labute approximate surface area is 111 Å². The summed E-state index contributed by atoms with van der Waals surface area (Å²) in [5.41, 5.74) is 0.593. The molecule has 0 amide bonds. The van der Waals surface area contributed by atoms with Crippen LogP contribution in [0, 0.1) is 18.6 Å². The van der Waals surface area contributed by atoms with E-state index in [-0.39, 0.29) is 10.4 Å². The lowest BCUT2D eigenvalue weighted by Gasteiger charge is -2.12.